The van der Waals surface area contributed by atoms with E-state index in [0.717, 1.165) is 17.9 Å². The molecule has 0 fully saturated rings. The molecule has 104 valence electrons. The van der Waals surface area contributed by atoms with Gasteiger partial charge < -0.3 is 10.1 Å². The van der Waals surface area contributed by atoms with Crippen molar-refractivity contribution < 1.29 is 4.74 Å². The summed E-state index contributed by atoms with van der Waals surface area (Å²) in [6.07, 6.45) is 11.7. The van der Waals surface area contributed by atoms with Crippen LogP contribution in [0, 0.1) is 0 Å². The molecule has 0 amide bonds. The molecule has 0 unspecified atom stereocenters. The maximum atomic E-state index is 5.77. The molecule has 0 aliphatic rings. The van der Waals surface area contributed by atoms with E-state index in [1.54, 1.807) is 6.20 Å². The molecule has 0 radical (unpaired) electrons. The van der Waals surface area contributed by atoms with Gasteiger partial charge in [-0.3, -0.25) is 4.40 Å². The van der Waals surface area contributed by atoms with Crippen molar-refractivity contribution in [3.63, 3.8) is 0 Å². The summed E-state index contributed by atoms with van der Waals surface area (Å²) in [4.78, 5) is 8.68. The van der Waals surface area contributed by atoms with Crippen LogP contribution in [0.2, 0.25) is 0 Å². The Labute approximate surface area is 114 Å². The van der Waals surface area contributed by atoms with Gasteiger partial charge in [0.2, 0.25) is 5.65 Å². The number of aromatic nitrogens is 3. The molecule has 5 heteroatoms. The maximum Gasteiger partial charge on any atom is 0.260 e. The van der Waals surface area contributed by atoms with Gasteiger partial charge in [-0.2, -0.15) is 4.98 Å². The van der Waals surface area contributed by atoms with Crippen molar-refractivity contribution in [3.8, 4) is 5.88 Å². The number of rotatable bonds is 8. The van der Waals surface area contributed by atoms with Crippen molar-refractivity contribution in [2.75, 3.05) is 19.0 Å². The molecular weight excluding hydrogens is 240 g/mol. The summed E-state index contributed by atoms with van der Waals surface area (Å²) >= 11 is 0. The van der Waals surface area contributed by atoms with E-state index in [-0.39, 0.29) is 0 Å². The van der Waals surface area contributed by atoms with E-state index in [0.29, 0.717) is 12.5 Å². The zero-order valence-electron chi connectivity index (χ0n) is 11.7. The number of hydrogen-bond donors (Lipinski definition) is 1. The van der Waals surface area contributed by atoms with Crippen LogP contribution in [0.25, 0.3) is 5.65 Å². The number of nitrogens with one attached hydrogen (secondary N) is 1. The Balaban J connectivity index is 1.93. The van der Waals surface area contributed by atoms with Gasteiger partial charge >= 0.3 is 0 Å². The molecule has 0 saturated carbocycles. The second kappa shape index (κ2) is 6.97. The van der Waals surface area contributed by atoms with Crippen LogP contribution in [0.15, 0.2) is 18.6 Å². The number of imidazole rings is 1. The summed E-state index contributed by atoms with van der Waals surface area (Å²) in [6.45, 7) is 2.92. The molecule has 0 saturated heterocycles. The molecule has 19 heavy (non-hydrogen) atoms. The van der Waals surface area contributed by atoms with Crippen LogP contribution in [0.5, 0.6) is 5.88 Å². The summed E-state index contributed by atoms with van der Waals surface area (Å²) in [7, 11) is 1.85. The molecule has 2 aromatic heterocycles. The average Bonchev–Trinajstić information content (AvgIpc) is 2.90. The maximum absolute atomic E-state index is 5.77. The molecule has 5 nitrogen and oxygen atoms in total. The third-order valence-corrected chi connectivity index (χ3v) is 3.09. The molecule has 0 bridgehead atoms. The van der Waals surface area contributed by atoms with E-state index in [1.165, 1.54) is 25.7 Å². The smallest absolute Gasteiger partial charge is 0.260 e. The first-order chi connectivity index (χ1) is 9.35. The van der Waals surface area contributed by atoms with Crippen molar-refractivity contribution in [2.24, 2.45) is 0 Å². The second-order valence-corrected chi connectivity index (χ2v) is 4.60. The highest BCUT2D eigenvalue weighted by Gasteiger charge is 2.07. The molecule has 0 aliphatic heterocycles. The molecule has 2 heterocycles. The average molecular weight is 262 g/mol. The Morgan fingerprint density at radius 2 is 2.11 bits per heavy atom. The first-order valence-corrected chi connectivity index (χ1v) is 6.99. The molecular formula is C14H22N4O. The van der Waals surface area contributed by atoms with E-state index in [2.05, 4.69) is 22.2 Å². The highest BCUT2D eigenvalue weighted by atomic mass is 16.5. The van der Waals surface area contributed by atoms with Gasteiger partial charge in [0.15, 0.2) is 0 Å². The van der Waals surface area contributed by atoms with Gasteiger partial charge in [0.05, 0.1) is 12.8 Å². The third kappa shape index (κ3) is 3.59. The van der Waals surface area contributed by atoms with Crippen LogP contribution in [-0.4, -0.2) is 28.0 Å². The van der Waals surface area contributed by atoms with Crippen LogP contribution in [-0.2, 0) is 0 Å². The van der Waals surface area contributed by atoms with Crippen molar-refractivity contribution in [3.05, 3.63) is 18.6 Å². The van der Waals surface area contributed by atoms with E-state index in [1.807, 2.05) is 23.8 Å². The number of ether oxygens (including phenoxy) is 1. The fourth-order valence-electron chi connectivity index (χ4n) is 1.99. The topological polar surface area (TPSA) is 51.5 Å². The molecule has 2 aromatic rings. The molecule has 0 aliphatic carbocycles. The van der Waals surface area contributed by atoms with Crippen molar-refractivity contribution in [1.82, 2.24) is 14.4 Å². The molecule has 0 atom stereocenters. The zero-order chi connectivity index (χ0) is 13.5. The van der Waals surface area contributed by atoms with E-state index in [9.17, 15) is 0 Å². The van der Waals surface area contributed by atoms with Gasteiger partial charge in [-0.05, 0) is 6.42 Å². The van der Waals surface area contributed by atoms with Crippen LogP contribution in [0.3, 0.4) is 0 Å². The highest BCUT2D eigenvalue weighted by molar-refractivity contribution is 5.53. The number of anilines is 1. The van der Waals surface area contributed by atoms with Gasteiger partial charge in [0, 0.05) is 19.4 Å². The van der Waals surface area contributed by atoms with Crippen molar-refractivity contribution in [1.29, 1.82) is 0 Å². The van der Waals surface area contributed by atoms with Crippen LogP contribution in [0.1, 0.15) is 39.0 Å². The van der Waals surface area contributed by atoms with E-state index >= 15 is 0 Å². The first-order valence-electron chi connectivity index (χ1n) is 6.99. The minimum atomic E-state index is 0.604. The Bertz CT molecular complexity index is 509. The second-order valence-electron chi connectivity index (χ2n) is 4.60. The summed E-state index contributed by atoms with van der Waals surface area (Å²) in [5.41, 5.74) is 0.771. The third-order valence-electron chi connectivity index (χ3n) is 3.09. The largest absolute Gasteiger partial charge is 0.475 e. The minimum Gasteiger partial charge on any atom is -0.475 e. The van der Waals surface area contributed by atoms with Gasteiger partial charge in [-0.25, -0.2) is 4.98 Å². The van der Waals surface area contributed by atoms with E-state index in [4.69, 9.17) is 4.74 Å². The zero-order valence-corrected chi connectivity index (χ0v) is 11.7. The predicted molar refractivity (Wildman–Crippen MR) is 76.8 cm³/mol. The van der Waals surface area contributed by atoms with Crippen molar-refractivity contribution >= 4 is 11.5 Å². The summed E-state index contributed by atoms with van der Waals surface area (Å²) in [6, 6.07) is 0. The normalized spacial score (nSPS) is 10.8. The number of unbranched alkanes of at least 4 members (excludes halogenated alkanes) is 4. The Hall–Kier alpha value is -1.78. The lowest BCUT2D eigenvalue weighted by Crippen LogP contribution is -2.04. The lowest BCUT2D eigenvalue weighted by molar-refractivity contribution is 0.295. The SMILES string of the molecule is CCCCCCCOc1nc(NC)cn2ccnc12. The van der Waals surface area contributed by atoms with Gasteiger partial charge in [0.25, 0.3) is 5.88 Å². The molecule has 1 N–H and O–H groups in total. The minimum absolute atomic E-state index is 0.604. The van der Waals surface area contributed by atoms with Gasteiger partial charge in [0.1, 0.15) is 5.82 Å². The lowest BCUT2D eigenvalue weighted by Gasteiger charge is -2.08. The molecule has 0 aromatic carbocycles. The summed E-state index contributed by atoms with van der Waals surface area (Å²) in [5, 5.41) is 3.03. The quantitative estimate of drug-likeness (QED) is 0.743. The van der Waals surface area contributed by atoms with Crippen LogP contribution in [0.4, 0.5) is 5.82 Å². The fourth-order valence-corrected chi connectivity index (χ4v) is 1.99. The Morgan fingerprint density at radius 1 is 1.26 bits per heavy atom. The molecule has 0 spiro atoms. The number of nitrogens with zero attached hydrogens (tertiary/aromatic N) is 3. The lowest BCUT2D eigenvalue weighted by atomic mass is 10.2. The number of fused-ring (bicyclic) bond motifs is 1. The first kappa shape index (κ1) is 13.6. The monoisotopic (exact) mass is 262 g/mol. The predicted octanol–water partition coefficient (Wildman–Crippen LogP) is 3.12. The highest BCUT2D eigenvalue weighted by Crippen LogP contribution is 2.18. The van der Waals surface area contributed by atoms with Crippen LogP contribution < -0.4 is 10.1 Å². The summed E-state index contributed by atoms with van der Waals surface area (Å²) < 4.78 is 7.69. The molecule has 2 rings (SSSR count). The fraction of sp³-hybridized carbons (Fsp3) is 0.571. The Kier molecular flexibility index (Phi) is 5.01. The van der Waals surface area contributed by atoms with E-state index < -0.39 is 0 Å². The number of hydrogen-bond acceptors (Lipinski definition) is 4. The van der Waals surface area contributed by atoms with Crippen LogP contribution >= 0.6 is 0 Å². The van der Waals surface area contributed by atoms with Crippen molar-refractivity contribution in [2.45, 2.75) is 39.0 Å². The Morgan fingerprint density at radius 3 is 2.89 bits per heavy atom. The standard InChI is InChI=1S/C14H22N4O/c1-3-4-5-6-7-10-19-14-13-16-8-9-18(13)11-12(15-2)17-14/h8-9,11,15H,3-7,10H2,1-2H3. The van der Waals surface area contributed by atoms with Gasteiger partial charge in [-0.15, -0.1) is 0 Å². The van der Waals surface area contributed by atoms with Gasteiger partial charge in [-0.1, -0.05) is 32.6 Å². The summed E-state index contributed by atoms with van der Waals surface area (Å²) in [5.74, 6) is 1.39.